The Bertz CT molecular complexity index is 187. The van der Waals surface area contributed by atoms with Crippen molar-refractivity contribution in [2.75, 3.05) is 19.0 Å². The van der Waals surface area contributed by atoms with Crippen LogP contribution >= 0.6 is 11.8 Å². The van der Waals surface area contributed by atoms with E-state index in [-0.39, 0.29) is 11.7 Å². The second-order valence-corrected chi connectivity index (χ2v) is 5.30. The Kier molecular flexibility index (Phi) is 9.77. The molecule has 0 aliphatic heterocycles. The predicted molar refractivity (Wildman–Crippen MR) is 65.9 cm³/mol. The van der Waals surface area contributed by atoms with E-state index in [0.717, 1.165) is 12.8 Å². The molecule has 0 aromatic rings. The topological polar surface area (TPSA) is 66.8 Å². The Morgan fingerprint density at radius 1 is 1.50 bits per heavy atom. The van der Waals surface area contributed by atoms with Crippen molar-refractivity contribution in [2.45, 2.75) is 44.5 Å². The van der Waals surface area contributed by atoms with Gasteiger partial charge in [-0.05, 0) is 6.42 Å². The number of carboxylic acid groups (broad SMARTS) is 1. The summed E-state index contributed by atoms with van der Waals surface area (Å²) in [6, 6.07) is 0. The van der Waals surface area contributed by atoms with E-state index >= 15 is 0 Å². The number of ether oxygens (including phenoxy) is 1. The fourth-order valence-corrected chi connectivity index (χ4v) is 2.00. The first kappa shape index (κ1) is 15.7. The molecule has 0 heterocycles. The number of hydrogen-bond donors (Lipinski definition) is 2. The molecule has 0 aliphatic carbocycles. The third-order valence-corrected chi connectivity index (χ3v) is 3.30. The SMILES string of the molecule is CCCCOCC(O)CSC(C)CC(=O)O. The highest BCUT2D eigenvalue weighted by Gasteiger charge is 2.11. The van der Waals surface area contributed by atoms with Gasteiger partial charge in [-0.3, -0.25) is 4.79 Å². The van der Waals surface area contributed by atoms with Gasteiger partial charge in [-0.25, -0.2) is 0 Å². The molecule has 0 aliphatic rings. The molecule has 16 heavy (non-hydrogen) atoms. The number of carbonyl (C=O) groups is 1. The minimum absolute atomic E-state index is 0.0304. The van der Waals surface area contributed by atoms with Crippen molar-refractivity contribution in [3.05, 3.63) is 0 Å². The summed E-state index contributed by atoms with van der Waals surface area (Å²) in [5.74, 6) is -0.269. The summed E-state index contributed by atoms with van der Waals surface area (Å²) in [6.45, 7) is 4.96. The quantitative estimate of drug-likeness (QED) is 0.578. The molecule has 0 saturated carbocycles. The van der Waals surface area contributed by atoms with Gasteiger partial charge in [0.05, 0.1) is 19.1 Å². The average Bonchev–Trinajstić information content (AvgIpc) is 2.20. The molecule has 0 rings (SSSR count). The molecule has 0 spiro atoms. The van der Waals surface area contributed by atoms with E-state index in [9.17, 15) is 9.90 Å². The molecular formula is C11H22O4S. The van der Waals surface area contributed by atoms with E-state index in [2.05, 4.69) is 6.92 Å². The van der Waals surface area contributed by atoms with Crippen LogP contribution in [0.3, 0.4) is 0 Å². The molecule has 0 fully saturated rings. The highest BCUT2D eigenvalue weighted by molar-refractivity contribution is 7.99. The summed E-state index contributed by atoms with van der Waals surface area (Å²) < 4.78 is 5.27. The van der Waals surface area contributed by atoms with Crippen molar-refractivity contribution >= 4 is 17.7 Å². The molecule has 2 unspecified atom stereocenters. The van der Waals surface area contributed by atoms with Crippen LogP contribution in [0.25, 0.3) is 0 Å². The monoisotopic (exact) mass is 250 g/mol. The highest BCUT2D eigenvalue weighted by atomic mass is 32.2. The molecule has 0 amide bonds. The highest BCUT2D eigenvalue weighted by Crippen LogP contribution is 2.15. The van der Waals surface area contributed by atoms with Gasteiger partial charge in [0.2, 0.25) is 0 Å². The second kappa shape index (κ2) is 9.93. The zero-order valence-corrected chi connectivity index (χ0v) is 10.8. The Morgan fingerprint density at radius 2 is 2.19 bits per heavy atom. The van der Waals surface area contributed by atoms with Crippen molar-refractivity contribution in [1.29, 1.82) is 0 Å². The third kappa shape index (κ3) is 10.3. The summed E-state index contributed by atoms with van der Waals surface area (Å²) in [4.78, 5) is 10.4. The van der Waals surface area contributed by atoms with Crippen molar-refractivity contribution < 1.29 is 19.7 Å². The lowest BCUT2D eigenvalue weighted by Crippen LogP contribution is -2.20. The van der Waals surface area contributed by atoms with Crippen LogP contribution in [0.15, 0.2) is 0 Å². The predicted octanol–water partition coefficient (Wildman–Crippen LogP) is 1.76. The maximum atomic E-state index is 10.4. The van der Waals surface area contributed by atoms with Gasteiger partial charge in [0.15, 0.2) is 0 Å². The molecule has 0 saturated heterocycles. The fourth-order valence-electron chi connectivity index (χ4n) is 1.09. The normalized spacial score (nSPS) is 14.7. The summed E-state index contributed by atoms with van der Waals surface area (Å²) in [5, 5.41) is 18.1. The van der Waals surface area contributed by atoms with Gasteiger partial charge in [-0.2, -0.15) is 11.8 Å². The Balaban J connectivity index is 3.41. The first-order valence-electron chi connectivity index (χ1n) is 5.65. The van der Waals surface area contributed by atoms with Crippen LogP contribution in [0.5, 0.6) is 0 Å². The van der Waals surface area contributed by atoms with Crippen LogP contribution in [-0.2, 0) is 9.53 Å². The van der Waals surface area contributed by atoms with Crippen molar-refractivity contribution in [3.63, 3.8) is 0 Å². The van der Waals surface area contributed by atoms with Gasteiger partial charge in [-0.15, -0.1) is 0 Å². The Morgan fingerprint density at radius 3 is 2.75 bits per heavy atom. The molecule has 2 N–H and O–H groups in total. The summed E-state index contributed by atoms with van der Waals surface area (Å²) in [5.41, 5.74) is 0. The number of hydrogen-bond acceptors (Lipinski definition) is 4. The van der Waals surface area contributed by atoms with Gasteiger partial charge in [-0.1, -0.05) is 20.3 Å². The van der Waals surface area contributed by atoms with E-state index in [0.29, 0.717) is 19.0 Å². The molecule has 2 atom stereocenters. The number of aliphatic hydroxyl groups excluding tert-OH is 1. The lowest BCUT2D eigenvalue weighted by molar-refractivity contribution is -0.136. The first-order chi connectivity index (χ1) is 7.56. The number of carboxylic acids is 1. The molecule has 0 bridgehead atoms. The lowest BCUT2D eigenvalue weighted by atomic mass is 10.3. The van der Waals surface area contributed by atoms with Crippen LogP contribution in [0, 0.1) is 0 Å². The minimum atomic E-state index is -0.798. The van der Waals surface area contributed by atoms with E-state index in [1.165, 1.54) is 11.8 Å². The number of unbranched alkanes of at least 4 members (excludes halogenated alkanes) is 1. The van der Waals surface area contributed by atoms with Crippen LogP contribution in [0.1, 0.15) is 33.1 Å². The van der Waals surface area contributed by atoms with Crippen LogP contribution in [0.4, 0.5) is 0 Å². The standard InChI is InChI=1S/C11H22O4S/c1-3-4-5-15-7-10(12)8-16-9(2)6-11(13)14/h9-10,12H,3-8H2,1-2H3,(H,13,14). The van der Waals surface area contributed by atoms with Crippen LogP contribution in [-0.4, -0.2) is 46.5 Å². The molecular weight excluding hydrogens is 228 g/mol. The molecule has 5 heteroatoms. The fraction of sp³-hybridized carbons (Fsp3) is 0.909. The maximum Gasteiger partial charge on any atom is 0.304 e. The number of thioether (sulfide) groups is 1. The van der Waals surface area contributed by atoms with Crippen LogP contribution in [0.2, 0.25) is 0 Å². The number of aliphatic hydroxyl groups is 1. The zero-order chi connectivity index (χ0) is 12.4. The second-order valence-electron chi connectivity index (χ2n) is 3.82. The molecule has 0 radical (unpaired) electrons. The van der Waals surface area contributed by atoms with Gasteiger partial charge in [0.25, 0.3) is 0 Å². The van der Waals surface area contributed by atoms with E-state index < -0.39 is 12.1 Å². The lowest BCUT2D eigenvalue weighted by Gasteiger charge is -2.13. The van der Waals surface area contributed by atoms with Gasteiger partial charge >= 0.3 is 5.97 Å². The smallest absolute Gasteiger partial charge is 0.304 e. The minimum Gasteiger partial charge on any atom is -0.481 e. The van der Waals surface area contributed by atoms with E-state index in [1.54, 1.807) is 0 Å². The summed E-state index contributed by atoms with van der Waals surface area (Å²) >= 11 is 1.47. The largest absolute Gasteiger partial charge is 0.481 e. The first-order valence-corrected chi connectivity index (χ1v) is 6.70. The Labute approximate surface area is 101 Å². The third-order valence-electron chi connectivity index (χ3n) is 1.99. The average molecular weight is 250 g/mol. The maximum absolute atomic E-state index is 10.4. The van der Waals surface area contributed by atoms with Gasteiger partial charge < -0.3 is 14.9 Å². The number of rotatable bonds is 10. The molecule has 4 nitrogen and oxygen atoms in total. The van der Waals surface area contributed by atoms with Crippen molar-refractivity contribution in [2.24, 2.45) is 0 Å². The van der Waals surface area contributed by atoms with Gasteiger partial charge in [0.1, 0.15) is 0 Å². The number of aliphatic carboxylic acids is 1. The zero-order valence-electron chi connectivity index (χ0n) is 10.0. The Hall–Kier alpha value is -0.260. The van der Waals surface area contributed by atoms with Crippen LogP contribution < -0.4 is 0 Å². The molecule has 0 aromatic heterocycles. The van der Waals surface area contributed by atoms with Crippen molar-refractivity contribution in [1.82, 2.24) is 0 Å². The van der Waals surface area contributed by atoms with E-state index in [4.69, 9.17) is 9.84 Å². The molecule has 96 valence electrons. The van der Waals surface area contributed by atoms with E-state index in [1.807, 2.05) is 6.92 Å². The summed E-state index contributed by atoms with van der Waals surface area (Å²) in [6.07, 6.45) is 1.72. The molecule has 0 aromatic carbocycles. The summed E-state index contributed by atoms with van der Waals surface area (Å²) in [7, 11) is 0. The van der Waals surface area contributed by atoms with Crippen molar-refractivity contribution in [3.8, 4) is 0 Å². The van der Waals surface area contributed by atoms with Gasteiger partial charge in [0, 0.05) is 17.6 Å².